The van der Waals surface area contributed by atoms with Crippen LogP contribution >= 0.6 is 11.8 Å². The molecule has 0 aliphatic carbocycles. The summed E-state index contributed by atoms with van der Waals surface area (Å²) in [6.45, 7) is 10.5. The fraction of sp³-hybridized carbons (Fsp3) is 0.846. The van der Waals surface area contributed by atoms with Crippen LogP contribution in [0, 0.1) is 11.3 Å². The minimum absolute atomic E-state index is 0.229. The van der Waals surface area contributed by atoms with Gasteiger partial charge in [0.2, 0.25) is 5.16 Å². The summed E-state index contributed by atoms with van der Waals surface area (Å²) in [6.07, 6.45) is 0. The van der Waals surface area contributed by atoms with E-state index in [4.69, 9.17) is 4.74 Å². The Hall–Kier alpha value is -1.15. The number of esters is 1. The van der Waals surface area contributed by atoms with E-state index >= 15 is 0 Å². The summed E-state index contributed by atoms with van der Waals surface area (Å²) < 4.78 is 6.55. The first-order valence-electron chi connectivity index (χ1n) is 7.05. The number of hydrogen-bond acceptors (Lipinski definition) is 7. The minimum Gasteiger partial charge on any atom is -0.469 e. The monoisotopic (exact) mass is 315 g/mol. The van der Waals surface area contributed by atoms with E-state index in [1.807, 2.05) is 13.8 Å². The summed E-state index contributed by atoms with van der Waals surface area (Å²) in [6, 6.07) is 0. The highest BCUT2D eigenvalue weighted by Crippen LogP contribution is 2.27. The van der Waals surface area contributed by atoms with Gasteiger partial charge in [0, 0.05) is 12.3 Å². The third-order valence-corrected chi connectivity index (χ3v) is 4.27. The molecule has 1 aromatic heterocycles. The summed E-state index contributed by atoms with van der Waals surface area (Å²) in [5.41, 5.74) is -0.563. The van der Waals surface area contributed by atoms with Crippen molar-refractivity contribution < 1.29 is 9.53 Å². The zero-order chi connectivity index (χ0) is 15.9. The molecule has 8 heteroatoms. The van der Waals surface area contributed by atoms with Crippen molar-refractivity contribution in [2.75, 3.05) is 26.0 Å². The van der Waals surface area contributed by atoms with Crippen molar-refractivity contribution in [3.8, 4) is 0 Å². The second-order valence-electron chi connectivity index (χ2n) is 5.95. The van der Waals surface area contributed by atoms with Crippen molar-refractivity contribution in [2.45, 2.75) is 39.4 Å². The molecule has 0 radical (unpaired) electrons. The lowest BCUT2D eigenvalue weighted by atomic mass is 9.97. The zero-order valence-corrected chi connectivity index (χ0v) is 14.2. The SMILES string of the molecule is COC(=O)C(C)(C)CSc1nnnn1CCNCC(C)C. The van der Waals surface area contributed by atoms with E-state index in [0.29, 0.717) is 18.2 Å². The molecule has 0 amide bonds. The van der Waals surface area contributed by atoms with Gasteiger partial charge in [0.05, 0.1) is 19.1 Å². The molecule has 120 valence electrons. The number of rotatable bonds is 9. The van der Waals surface area contributed by atoms with E-state index < -0.39 is 5.41 Å². The second kappa shape index (κ2) is 8.33. The molecule has 21 heavy (non-hydrogen) atoms. The Morgan fingerprint density at radius 2 is 2.19 bits per heavy atom. The summed E-state index contributed by atoms with van der Waals surface area (Å²) in [4.78, 5) is 11.6. The van der Waals surface area contributed by atoms with Gasteiger partial charge in [0.1, 0.15) is 0 Å². The van der Waals surface area contributed by atoms with Crippen LogP contribution in [0.15, 0.2) is 5.16 Å². The van der Waals surface area contributed by atoms with Crippen LogP contribution in [-0.2, 0) is 16.1 Å². The Morgan fingerprint density at radius 3 is 2.81 bits per heavy atom. The molecule has 1 N–H and O–H groups in total. The number of thioether (sulfide) groups is 1. The number of methoxy groups -OCH3 is 1. The Balaban J connectivity index is 2.46. The molecule has 0 aliphatic heterocycles. The number of ether oxygens (including phenoxy) is 1. The topological polar surface area (TPSA) is 81.9 Å². The lowest BCUT2D eigenvalue weighted by molar-refractivity contribution is -0.149. The normalized spacial score (nSPS) is 11.9. The number of carbonyl (C=O) groups is 1. The minimum atomic E-state index is -0.563. The summed E-state index contributed by atoms with van der Waals surface area (Å²) in [5.74, 6) is 0.959. The molecule has 1 rings (SSSR count). The Bertz CT molecular complexity index is 448. The van der Waals surface area contributed by atoms with Crippen LogP contribution in [0.3, 0.4) is 0 Å². The predicted molar refractivity (Wildman–Crippen MR) is 82.0 cm³/mol. The quantitative estimate of drug-likeness (QED) is 0.416. The van der Waals surface area contributed by atoms with Crippen LogP contribution in [-0.4, -0.2) is 52.1 Å². The first kappa shape index (κ1) is 17.9. The van der Waals surface area contributed by atoms with Crippen molar-refractivity contribution >= 4 is 17.7 Å². The highest BCUT2D eigenvalue weighted by molar-refractivity contribution is 7.99. The largest absolute Gasteiger partial charge is 0.469 e. The van der Waals surface area contributed by atoms with Crippen molar-refractivity contribution in [2.24, 2.45) is 11.3 Å². The maximum absolute atomic E-state index is 11.6. The van der Waals surface area contributed by atoms with E-state index in [-0.39, 0.29) is 5.97 Å². The van der Waals surface area contributed by atoms with E-state index in [9.17, 15) is 4.79 Å². The Kier molecular flexibility index (Phi) is 7.10. The number of nitrogens with one attached hydrogen (secondary N) is 1. The van der Waals surface area contributed by atoms with Gasteiger partial charge in [-0.3, -0.25) is 4.79 Å². The number of tetrazole rings is 1. The maximum atomic E-state index is 11.6. The van der Waals surface area contributed by atoms with Crippen LogP contribution in [0.2, 0.25) is 0 Å². The molecule has 1 aromatic rings. The van der Waals surface area contributed by atoms with Gasteiger partial charge < -0.3 is 10.1 Å². The van der Waals surface area contributed by atoms with E-state index in [0.717, 1.165) is 18.2 Å². The van der Waals surface area contributed by atoms with Crippen molar-refractivity contribution in [3.63, 3.8) is 0 Å². The first-order chi connectivity index (χ1) is 9.86. The standard InChI is InChI=1S/C13H25N5O2S/c1-10(2)8-14-6-7-18-12(15-16-17-18)21-9-13(3,4)11(19)20-5/h10,14H,6-9H2,1-5H3. The highest BCUT2D eigenvalue weighted by atomic mass is 32.2. The predicted octanol–water partition coefficient (Wildman–Crippen LogP) is 1.21. The Morgan fingerprint density at radius 1 is 1.48 bits per heavy atom. The fourth-order valence-corrected chi connectivity index (χ4v) is 2.57. The maximum Gasteiger partial charge on any atom is 0.312 e. The van der Waals surface area contributed by atoms with Gasteiger partial charge in [-0.1, -0.05) is 25.6 Å². The molecule has 7 nitrogen and oxygen atoms in total. The van der Waals surface area contributed by atoms with Gasteiger partial charge in [0.15, 0.2) is 0 Å². The van der Waals surface area contributed by atoms with Gasteiger partial charge in [-0.25, -0.2) is 4.68 Å². The molecule has 0 atom stereocenters. The van der Waals surface area contributed by atoms with E-state index in [1.54, 1.807) is 4.68 Å². The van der Waals surface area contributed by atoms with E-state index in [1.165, 1.54) is 18.9 Å². The summed E-state index contributed by atoms with van der Waals surface area (Å²) in [7, 11) is 1.40. The molecule has 0 aliphatic rings. The molecule has 1 heterocycles. The molecule has 0 spiro atoms. The molecule has 0 saturated heterocycles. The van der Waals surface area contributed by atoms with Gasteiger partial charge in [-0.05, 0) is 36.7 Å². The van der Waals surface area contributed by atoms with Gasteiger partial charge >= 0.3 is 5.97 Å². The smallest absolute Gasteiger partial charge is 0.312 e. The number of aromatic nitrogens is 4. The van der Waals surface area contributed by atoms with Crippen molar-refractivity contribution in [3.05, 3.63) is 0 Å². The van der Waals surface area contributed by atoms with E-state index in [2.05, 4.69) is 34.7 Å². The van der Waals surface area contributed by atoms with Crippen LogP contribution in [0.5, 0.6) is 0 Å². The van der Waals surface area contributed by atoms with Gasteiger partial charge in [-0.2, -0.15) is 0 Å². The molecular weight excluding hydrogens is 290 g/mol. The molecule has 0 aromatic carbocycles. The van der Waals surface area contributed by atoms with Crippen LogP contribution in [0.1, 0.15) is 27.7 Å². The van der Waals surface area contributed by atoms with Gasteiger partial charge in [0.25, 0.3) is 0 Å². The van der Waals surface area contributed by atoms with Crippen LogP contribution in [0.25, 0.3) is 0 Å². The van der Waals surface area contributed by atoms with Crippen molar-refractivity contribution in [1.82, 2.24) is 25.5 Å². The average molecular weight is 315 g/mol. The van der Waals surface area contributed by atoms with Crippen molar-refractivity contribution in [1.29, 1.82) is 0 Å². The number of nitrogens with zero attached hydrogens (tertiary/aromatic N) is 4. The summed E-state index contributed by atoms with van der Waals surface area (Å²) >= 11 is 1.47. The van der Waals surface area contributed by atoms with Gasteiger partial charge in [-0.15, -0.1) is 5.10 Å². The second-order valence-corrected chi connectivity index (χ2v) is 6.89. The van der Waals surface area contributed by atoms with Crippen LogP contribution in [0.4, 0.5) is 0 Å². The third-order valence-electron chi connectivity index (χ3n) is 2.85. The fourth-order valence-electron chi connectivity index (χ4n) is 1.60. The van der Waals surface area contributed by atoms with Crippen LogP contribution < -0.4 is 5.32 Å². The first-order valence-corrected chi connectivity index (χ1v) is 8.03. The number of hydrogen-bond donors (Lipinski definition) is 1. The molecule has 0 fully saturated rings. The molecule has 0 saturated carbocycles. The molecular formula is C13H25N5O2S. The lowest BCUT2D eigenvalue weighted by Gasteiger charge is -2.20. The summed E-state index contributed by atoms with van der Waals surface area (Å²) in [5, 5.41) is 15.8. The third kappa shape index (κ3) is 6.01. The number of carbonyl (C=O) groups excluding carboxylic acids is 1. The molecule has 0 unspecified atom stereocenters. The highest BCUT2D eigenvalue weighted by Gasteiger charge is 2.29. The molecule has 0 bridgehead atoms. The Labute approximate surface area is 130 Å². The average Bonchev–Trinajstić information content (AvgIpc) is 2.87. The lowest BCUT2D eigenvalue weighted by Crippen LogP contribution is -2.28. The zero-order valence-electron chi connectivity index (χ0n) is 13.4.